The molecule has 0 fully saturated rings. The molecule has 0 radical (unpaired) electrons. The number of aromatic nitrogens is 5. The van der Waals surface area contributed by atoms with E-state index in [4.69, 9.17) is 9.47 Å². The molecule has 0 unspecified atom stereocenters. The number of sulfonamides is 1. The van der Waals surface area contributed by atoms with Crippen LogP contribution in [0.3, 0.4) is 0 Å². The number of anilines is 3. The topological polar surface area (TPSA) is 279 Å². The number of aromatic amines is 2. The summed E-state index contributed by atoms with van der Waals surface area (Å²) in [4.78, 5) is 58.8. The van der Waals surface area contributed by atoms with Gasteiger partial charge in [-0.1, -0.05) is 18.2 Å². The van der Waals surface area contributed by atoms with Gasteiger partial charge in [0.05, 0.1) is 65.5 Å². The Labute approximate surface area is 438 Å². The van der Waals surface area contributed by atoms with Gasteiger partial charge < -0.3 is 45.6 Å². The summed E-state index contributed by atoms with van der Waals surface area (Å²) < 4.78 is 82.8. The maximum atomic E-state index is 13.8. The maximum Gasteiger partial charge on any atom is 0.416 e. The number of carbonyl (C=O) groups excluding carboxylic acids is 4. The van der Waals surface area contributed by atoms with Crippen LogP contribution in [0.2, 0.25) is 0 Å². The Morgan fingerprint density at radius 3 is 2.30 bits per heavy atom. The molecule has 77 heavy (non-hydrogen) atoms. The second kappa shape index (κ2) is 23.7. The lowest BCUT2D eigenvalue weighted by atomic mass is 10.1. The number of H-pyrrole nitrogens is 2. The largest absolute Gasteiger partial charge is 0.416 e. The zero-order valence-electron chi connectivity index (χ0n) is 41.6. The van der Waals surface area contributed by atoms with E-state index in [0.717, 1.165) is 23.3 Å². The van der Waals surface area contributed by atoms with Gasteiger partial charge in [0.2, 0.25) is 5.91 Å². The van der Waals surface area contributed by atoms with Crippen molar-refractivity contribution in [3.8, 4) is 11.8 Å². The number of hydrogen-bond donors (Lipinski definition) is 8. The molecule has 3 aromatic heterocycles. The molecule has 20 nitrogen and oxygen atoms in total. The smallest absolute Gasteiger partial charge is 0.381 e. The molecule has 0 saturated carbocycles. The van der Waals surface area contributed by atoms with Crippen molar-refractivity contribution in [2.24, 2.45) is 0 Å². The molecule has 8 N–H and O–H groups in total. The summed E-state index contributed by atoms with van der Waals surface area (Å²) in [6, 6.07) is 25.1. The summed E-state index contributed by atoms with van der Waals surface area (Å²) in [5, 5.41) is 31.6. The first-order valence-corrected chi connectivity index (χ1v) is 25.4. The van der Waals surface area contributed by atoms with Crippen LogP contribution in [-0.4, -0.2) is 102 Å². The van der Waals surface area contributed by atoms with Gasteiger partial charge in [-0.05, 0) is 111 Å². The van der Waals surface area contributed by atoms with Crippen molar-refractivity contribution in [2.45, 2.75) is 44.4 Å². The summed E-state index contributed by atoms with van der Waals surface area (Å²) in [7, 11) is -4.02. The van der Waals surface area contributed by atoms with Crippen molar-refractivity contribution in [1.29, 1.82) is 5.26 Å². The van der Waals surface area contributed by atoms with Crippen molar-refractivity contribution in [2.75, 3.05) is 54.9 Å². The molecule has 0 spiro atoms. The lowest BCUT2D eigenvalue weighted by molar-refractivity contribution is -0.137. The Bertz CT molecular complexity index is 3640. The number of hydrogen-bond acceptors (Lipinski definition) is 12. The Hall–Kier alpha value is -9.05. The average Bonchev–Trinajstić information content (AvgIpc) is 4.20. The van der Waals surface area contributed by atoms with Crippen molar-refractivity contribution in [3.63, 3.8) is 0 Å². The summed E-state index contributed by atoms with van der Waals surface area (Å²) >= 11 is 0. The van der Waals surface area contributed by atoms with Gasteiger partial charge in [-0.3, -0.25) is 29.0 Å². The van der Waals surface area contributed by atoms with Gasteiger partial charge in [-0.25, -0.2) is 13.4 Å². The third-order valence-electron chi connectivity index (χ3n) is 12.1. The van der Waals surface area contributed by atoms with E-state index in [-0.39, 0.29) is 72.6 Å². The molecule has 8 rings (SSSR count). The van der Waals surface area contributed by atoms with Crippen LogP contribution in [0.25, 0.3) is 27.5 Å². The molecule has 5 aromatic carbocycles. The lowest BCUT2D eigenvalue weighted by Crippen LogP contribution is -2.45. The standard InChI is InChI=1S/C53H51F3N12O8S/c1-31-7-14-44(48-46(31)37(26-57)29-62-48)67-77(73,74)42-11-8-35(9-12-42)50(70)60-16-18-76-20-19-75-17-15-59-49(69)33(3)63-52(72)47-43-13-10-39(25-45(43)65-66-47)61-28-34-5-4-6-40(21-34)64-51(71)36-22-38(53(54,55)56)24-41(23-36)68-30-58-27-32(68)2/h4-14,21-25,27,29-30,33,61-62,67H,15-20,28H2,1-3H3,(H,59,69)(H,60,70)(H,63,72)(H,64,71)(H,65,66)/t33-/m0/s1. The zero-order chi connectivity index (χ0) is 54.9. The molecule has 0 aliphatic heterocycles. The number of amides is 4. The van der Waals surface area contributed by atoms with Crippen LogP contribution in [-0.2, 0) is 37.0 Å². The van der Waals surface area contributed by atoms with E-state index in [1.165, 1.54) is 60.5 Å². The highest BCUT2D eigenvalue weighted by atomic mass is 32.2. The molecular formula is C53H51F3N12O8S. The van der Waals surface area contributed by atoms with E-state index in [1.807, 2.05) is 13.0 Å². The first-order valence-electron chi connectivity index (χ1n) is 23.9. The van der Waals surface area contributed by atoms with E-state index in [2.05, 4.69) is 57.5 Å². The number of nitrogens with zero attached hydrogens (tertiary/aromatic N) is 4. The van der Waals surface area contributed by atoms with Gasteiger partial charge in [-0.15, -0.1) is 0 Å². The van der Waals surface area contributed by atoms with Crippen molar-refractivity contribution >= 4 is 72.5 Å². The molecule has 0 aliphatic rings. The molecule has 0 bridgehead atoms. The second-order valence-corrected chi connectivity index (χ2v) is 19.3. The maximum absolute atomic E-state index is 13.8. The van der Waals surface area contributed by atoms with Gasteiger partial charge in [0, 0.05) is 76.7 Å². The van der Waals surface area contributed by atoms with E-state index < -0.39 is 51.4 Å². The minimum absolute atomic E-state index is 0.0551. The second-order valence-electron chi connectivity index (χ2n) is 17.6. The van der Waals surface area contributed by atoms with Crippen molar-refractivity contribution in [3.05, 3.63) is 161 Å². The van der Waals surface area contributed by atoms with E-state index in [9.17, 15) is 46.0 Å². The highest BCUT2D eigenvalue weighted by Crippen LogP contribution is 2.33. The Balaban J connectivity index is 0.707. The fraction of sp³-hybridized carbons (Fsp3) is 0.226. The molecule has 0 saturated heterocycles. The van der Waals surface area contributed by atoms with Crippen LogP contribution in [0, 0.1) is 25.2 Å². The quantitative estimate of drug-likeness (QED) is 0.0316. The predicted molar refractivity (Wildman–Crippen MR) is 280 cm³/mol. The van der Waals surface area contributed by atoms with Crippen LogP contribution >= 0.6 is 0 Å². The highest BCUT2D eigenvalue weighted by Gasteiger charge is 2.32. The predicted octanol–water partition coefficient (Wildman–Crippen LogP) is 7.10. The summed E-state index contributed by atoms with van der Waals surface area (Å²) in [6.07, 6.45) is -0.285. The number of alkyl halides is 3. The average molecular weight is 1070 g/mol. The minimum atomic E-state index is -4.68. The number of ether oxygens (including phenoxy) is 2. The number of rotatable bonds is 22. The lowest BCUT2D eigenvalue weighted by Gasteiger charge is -2.14. The summed E-state index contributed by atoms with van der Waals surface area (Å²) in [5.41, 5.74) is 4.24. The third-order valence-corrected chi connectivity index (χ3v) is 13.5. The number of fused-ring (bicyclic) bond motifs is 2. The molecule has 4 amide bonds. The third kappa shape index (κ3) is 13.3. The van der Waals surface area contributed by atoms with Crippen LogP contribution in [0.5, 0.6) is 0 Å². The number of halogens is 3. The number of imidazole rings is 1. The van der Waals surface area contributed by atoms with Crippen LogP contribution in [0.4, 0.5) is 30.2 Å². The number of nitrogens with one attached hydrogen (secondary N) is 8. The SMILES string of the molecule is Cc1ccc(NS(=O)(=O)c2ccc(C(=O)NCCOCCOCCNC(=O)[C@H](C)NC(=O)c3n[nH]c4cc(NCc5cccc(NC(=O)c6cc(-n7cncc7C)cc(C(F)(F)F)c6)c5)ccc34)cc2)c2[nH]cc(C#N)c12. The molecular weight excluding hydrogens is 1020 g/mol. The highest BCUT2D eigenvalue weighted by molar-refractivity contribution is 7.92. The Morgan fingerprint density at radius 2 is 1.58 bits per heavy atom. The minimum Gasteiger partial charge on any atom is -0.381 e. The fourth-order valence-corrected chi connectivity index (χ4v) is 9.19. The van der Waals surface area contributed by atoms with Gasteiger partial charge in [0.25, 0.3) is 27.7 Å². The molecule has 0 aliphatic carbocycles. The Morgan fingerprint density at radius 1 is 0.831 bits per heavy atom. The first kappa shape index (κ1) is 54.2. The number of carbonyl (C=O) groups is 4. The van der Waals surface area contributed by atoms with Crippen LogP contribution < -0.4 is 31.3 Å². The molecule has 3 heterocycles. The van der Waals surface area contributed by atoms with Gasteiger partial charge >= 0.3 is 6.18 Å². The number of nitriles is 1. The van der Waals surface area contributed by atoms with Gasteiger partial charge in [0.1, 0.15) is 12.1 Å². The monoisotopic (exact) mass is 1070 g/mol. The normalized spacial score (nSPS) is 12.0. The summed E-state index contributed by atoms with van der Waals surface area (Å²) in [5.74, 6) is -2.17. The van der Waals surface area contributed by atoms with Crippen molar-refractivity contribution < 1.29 is 50.2 Å². The molecule has 398 valence electrons. The van der Waals surface area contributed by atoms with Gasteiger partial charge in [0.15, 0.2) is 5.69 Å². The van der Waals surface area contributed by atoms with Gasteiger partial charge in [-0.2, -0.15) is 23.5 Å². The van der Waals surface area contributed by atoms with E-state index in [1.54, 1.807) is 55.5 Å². The Kier molecular flexibility index (Phi) is 16.7. The summed E-state index contributed by atoms with van der Waals surface area (Å²) in [6.45, 7) is 6.44. The first-order chi connectivity index (χ1) is 36.9. The number of benzene rings is 5. The van der Waals surface area contributed by atoms with Crippen LogP contribution in [0.15, 0.2) is 121 Å². The van der Waals surface area contributed by atoms with E-state index in [0.29, 0.717) is 51.0 Å². The fourth-order valence-electron chi connectivity index (χ4n) is 8.12. The molecule has 1 atom stereocenters. The van der Waals surface area contributed by atoms with E-state index >= 15 is 0 Å². The molecule has 24 heteroatoms. The van der Waals surface area contributed by atoms with Crippen LogP contribution in [0.1, 0.15) is 66.1 Å². The number of aryl methyl sites for hydroxylation is 2. The zero-order valence-corrected chi connectivity index (χ0v) is 42.4. The molecule has 8 aromatic rings. The van der Waals surface area contributed by atoms with Crippen molar-refractivity contribution in [1.82, 2.24) is 40.7 Å².